The van der Waals surface area contributed by atoms with Gasteiger partial charge >= 0.3 is 0 Å². The van der Waals surface area contributed by atoms with E-state index in [1.54, 1.807) is 37.6 Å². The number of amides is 1. The largest absolute Gasteiger partial charge is 0.489 e. The molecular formula is C49H56ClN7O8S. The van der Waals surface area contributed by atoms with Crippen molar-refractivity contribution in [2.24, 2.45) is 11.3 Å². The van der Waals surface area contributed by atoms with Crippen LogP contribution in [0, 0.1) is 21.4 Å². The first-order chi connectivity index (χ1) is 31.7. The molecular weight excluding hydrogens is 882 g/mol. The number of anilines is 2. The van der Waals surface area contributed by atoms with E-state index in [4.69, 9.17) is 25.8 Å². The Morgan fingerprint density at radius 3 is 2.55 bits per heavy atom. The van der Waals surface area contributed by atoms with Crippen LogP contribution in [0.5, 0.6) is 17.2 Å². The summed E-state index contributed by atoms with van der Waals surface area (Å²) in [6.45, 7) is 8.82. The maximum atomic E-state index is 14.1. The minimum atomic E-state index is -4.65. The lowest BCUT2D eigenvalue weighted by molar-refractivity contribution is -0.384. The maximum absolute atomic E-state index is 14.1. The Hall–Kier alpha value is -5.68. The van der Waals surface area contributed by atoms with Crippen molar-refractivity contribution >= 4 is 61.2 Å². The van der Waals surface area contributed by atoms with Gasteiger partial charge < -0.3 is 29.4 Å². The van der Waals surface area contributed by atoms with Gasteiger partial charge in [0.2, 0.25) is 0 Å². The molecule has 0 bridgehead atoms. The van der Waals surface area contributed by atoms with Crippen molar-refractivity contribution in [3.05, 3.63) is 111 Å². The first-order valence-corrected chi connectivity index (χ1v) is 24.6. The molecule has 1 saturated heterocycles. The molecule has 2 aromatic heterocycles. The van der Waals surface area contributed by atoms with Gasteiger partial charge in [-0.15, -0.1) is 0 Å². The highest BCUT2D eigenvalue weighted by Crippen LogP contribution is 2.44. The minimum Gasteiger partial charge on any atom is -0.489 e. The fourth-order valence-electron chi connectivity index (χ4n) is 9.92. The quantitative estimate of drug-likeness (QED) is 0.0753. The highest BCUT2D eigenvalue weighted by molar-refractivity contribution is 7.90. The number of methoxy groups -OCH3 is 1. The standard InChI is InChI=1S/C49H56ClN7O8S/c1-49(2)16-14-34(42(27-49)32-6-8-35(50)9-7-32)29-55-18-20-56(21-19-55)37-10-13-41(44(24-37)65-39-23-33-15-17-51-47(33)52-28-39)48(58)54-66(61,62)40-25-43(57(59)60)46-45(26-40)64-30-36(53-46)22-31-4-11-38(63-3)12-5-31/h6-10,13,15,17,23-26,28,31,36,38,53H,4-5,11-12,14,16,18-22,27,29-30H2,1-3H3,(H,51,52)(H,54,58)/t31?,36-,38?/m0/s1. The van der Waals surface area contributed by atoms with E-state index in [0.29, 0.717) is 17.3 Å². The van der Waals surface area contributed by atoms with Gasteiger partial charge in [-0.2, -0.15) is 0 Å². The van der Waals surface area contributed by atoms with Gasteiger partial charge in [-0.05, 0) is 110 Å². The SMILES string of the molecule is COC1CCC(C[C@H]2COc3cc(S(=O)(=O)NC(=O)c4ccc(N5CCN(CC6=C(c7ccc(Cl)cc7)CC(C)(C)CC6)CC5)cc4Oc4cnc5[nH]ccc5c4)cc([N+](=O)[O-])c3N2)CC1. The van der Waals surface area contributed by atoms with Crippen molar-refractivity contribution in [1.29, 1.82) is 0 Å². The molecule has 5 aromatic rings. The van der Waals surface area contributed by atoms with E-state index in [1.165, 1.54) is 29.0 Å². The van der Waals surface area contributed by atoms with Gasteiger partial charge in [-0.25, -0.2) is 18.1 Å². The molecule has 1 amide bonds. The summed E-state index contributed by atoms with van der Waals surface area (Å²) in [5.41, 5.74) is 5.38. The molecule has 1 atom stereocenters. The first-order valence-electron chi connectivity index (χ1n) is 22.7. The van der Waals surface area contributed by atoms with Crippen LogP contribution in [0.25, 0.3) is 16.6 Å². The highest BCUT2D eigenvalue weighted by atomic mass is 35.5. The van der Waals surface area contributed by atoms with E-state index in [1.807, 2.05) is 18.2 Å². The Kier molecular flexibility index (Phi) is 13.0. The van der Waals surface area contributed by atoms with E-state index in [9.17, 15) is 23.3 Å². The molecule has 3 N–H and O–H groups in total. The Morgan fingerprint density at radius 2 is 1.80 bits per heavy atom. The molecule has 9 rings (SSSR count). The number of halogens is 1. The molecule has 3 aromatic carbocycles. The number of aromatic amines is 1. The predicted octanol–water partition coefficient (Wildman–Crippen LogP) is 9.59. The number of allylic oxidation sites excluding steroid dienone is 1. The third-order valence-electron chi connectivity index (χ3n) is 13.7. The number of rotatable bonds is 13. The summed E-state index contributed by atoms with van der Waals surface area (Å²) in [4.78, 5) is 37.6. The van der Waals surface area contributed by atoms with E-state index in [2.05, 4.69) is 55.8 Å². The van der Waals surface area contributed by atoms with Crippen LogP contribution in [0.1, 0.15) is 81.1 Å². The molecule has 2 fully saturated rings. The molecule has 4 heterocycles. The zero-order valence-electron chi connectivity index (χ0n) is 37.5. The number of pyridine rings is 1. The topological polar surface area (TPSA) is 181 Å². The number of hydrogen-bond donors (Lipinski definition) is 3. The summed E-state index contributed by atoms with van der Waals surface area (Å²) in [6.07, 6.45) is 11.4. The molecule has 15 nitrogen and oxygen atoms in total. The van der Waals surface area contributed by atoms with Gasteiger partial charge in [0.25, 0.3) is 21.6 Å². The van der Waals surface area contributed by atoms with Crippen molar-refractivity contribution in [3.63, 3.8) is 0 Å². The lowest BCUT2D eigenvalue weighted by Crippen LogP contribution is -2.47. The van der Waals surface area contributed by atoms with Crippen LogP contribution in [-0.2, 0) is 14.8 Å². The number of carbonyl (C=O) groups excluding carboxylic acids is 1. The number of benzene rings is 3. The molecule has 0 unspecified atom stereocenters. The lowest BCUT2D eigenvalue weighted by atomic mass is 9.72. The van der Waals surface area contributed by atoms with Crippen molar-refractivity contribution in [2.75, 3.05) is 56.7 Å². The van der Waals surface area contributed by atoms with Gasteiger partial charge in [-0.3, -0.25) is 19.8 Å². The number of ether oxygens (including phenoxy) is 3. The lowest BCUT2D eigenvalue weighted by Gasteiger charge is -2.39. The average molecular weight is 939 g/mol. The molecule has 17 heteroatoms. The van der Waals surface area contributed by atoms with Gasteiger partial charge in [0, 0.05) is 80.3 Å². The number of nitro benzene ring substituents is 1. The number of sulfonamides is 1. The molecule has 66 heavy (non-hydrogen) atoms. The zero-order valence-corrected chi connectivity index (χ0v) is 39.1. The van der Waals surface area contributed by atoms with Crippen LogP contribution in [0.2, 0.25) is 5.02 Å². The number of fused-ring (bicyclic) bond motifs is 2. The van der Waals surface area contributed by atoms with E-state index < -0.39 is 31.4 Å². The monoisotopic (exact) mass is 937 g/mol. The second-order valence-electron chi connectivity index (χ2n) is 18.8. The van der Waals surface area contributed by atoms with Gasteiger partial charge in [-0.1, -0.05) is 43.2 Å². The van der Waals surface area contributed by atoms with Crippen LogP contribution in [0.15, 0.2) is 89.6 Å². The zero-order chi connectivity index (χ0) is 46.2. The number of aromatic nitrogens is 2. The second kappa shape index (κ2) is 18.9. The highest BCUT2D eigenvalue weighted by Gasteiger charge is 2.34. The van der Waals surface area contributed by atoms with Gasteiger partial charge in [0.15, 0.2) is 11.4 Å². The van der Waals surface area contributed by atoms with Crippen molar-refractivity contribution < 1.29 is 32.3 Å². The molecule has 1 saturated carbocycles. The van der Waals surface area contributed by atoms with Crippen LogP contribution < -0.4 is 24.4 Å². The molecule has 0 radical (unpaired) electrons. The van der Waals surface area contributed by atoms with Crippen LogP contribution in [0.4, 0.5) is 17.1 Å². The summed E-state index contributed by atoms with van der Waals surface area (Å²) >= 11 is 6.25. The smallest absolute Gasteiger partial charge is 0.297 e. The van der Waals surface area contributed by atoms with E-state index in [-0.39, 0.29) is 46.9 Å². The maximum Gasteiger partial charge on any atom is 0.297 e. The summed E-state index contributed by atoms with van der Waals surface area (Å²) in [7, 11) is -2.93. The molecule has 2 aliphatic heterocycles. The normalized spacial score (nSPS) is 21.2. The van der Waals surface area contributed by atoms with Crippen LogP contribution in [-0.4, -0.2) is 92.7 Å². The third-order valence-corrected chi connectivity index (χ3v) is 15.2. The molecule has 2 aliphatic carbocycles. The number of nitro groups is 1. The van der Waals surface area contributed by atoms with Crippen LogP contribution in [0.3, 0.4) is 0 Å². The molecule has 4 aliphatic rings. The van der Waals surface area contributed by atoms with Crippen molar-refractivity contribution in [2.45, 2.75) is 82.3 Å². The van der Waals surface area contributed by atoms with E-state index in [0.717, 1.165) is 106 Å². The van der Waals surface area contributed by atoms with Crippen molar-refractivity contribution in [3.8, 4) is 17.2 Å². The Bertz CT molecular complexity index is 2760. The first kappa shape index (κ1) is 45.5. The van der Waals surface area contributed by atoms with Gasteiger partial charge in [0.1, 0.15) is 23.8 Å². The second-order valence-corrected chi connectivity index (χ2v) is 21.0. The third kappa shape index (κ3) is 10.2. The summed E-state index contributed by atoms with van der Waals surface area (Å²) in [6, 6.07) is 18.8. The summed E-state index contributed by atoms with van der Waals surface area (Å²) in [5, 5.41) is 17.2. The number of nitrogens with zero attached hydrogens (tertiary/aromatic N) is 4. The summed E-state index contributed by atoms with van der Waals surface area (Å²) < 4.78 is 47.9. The number of H-pyrrole nitrogens is 1. The Morgan fingerprint density at radius 1 is 1.03 bits per heavy atom. The minimum absolute atomic E-state index is 0.0268. The predicted molar refractivity (Wildman–Crippen MR) is 255 cm³/mol. The molecule has 348 valence electrons. The van der Waals surface area contributed by atoms with Gasteiger partial charge in [0.05, 0.1) is 33.7 Å². The number of carbonyl (C=O) groups is 1. The fraction of sp³-hybridized carbons (Fsp3) is 0.429. The molecule has 0 spiro atoms. The number of hydrogen-bond acceptors (Lipinski definition) is 12. The average Bonchev–Trinajstić information content (AvgIpc) is 3.78. The Balaban J connectivity index is 0.927. The van der Waals surface area contributed by atoms with Crippen molar-refractivity contribution in [1.82, 2.24) is 19.6 Å². The van der Waals surface area contributed by atoms with Crippen LogP contribution >= 0.6 is 11.6 Å². The number of nitrogens with one attached hydrogen (secondary N) is 3. The summed E-state index contributed by atoms with van der Waals surface area (Å²) in [5.74, 6) is -0.0734. The Labute approximate surface area is 390 Å². The van der Waals surface area contributed by atoms with E-state index >= 15 is 0 Å². The fourth-order valence-corrected chi connectivity index (χ4v) is 11.0. The number of piperazine rings is 1.